The Kier molecular flexibility index (Phi) is 3.53. The van der Waals surface area contributed by atoms with E-state index >= 15 is 0 Å². The third-order valence-electron chi connectivity index (χ3n) is 3.39. The molecule has 0 radical (unpaired) electrons. The summed E-state index contributed by atoms with van der Waals surface area (Å²) in [5.41, 5.74) is 9.29. The van der Waals surface area contributed by atoms with Crippen molar-refractivity contribution in [3.63, 3.8) is 0 Å². The van der Waals surface area contributed by atoms with Gasteiger partial charge in [-0.2, -0.15) is 0 Å². The van der Waals surface area contributed by atoms with Crippen molar-refractivity contribution in [2.45, 2.75) is 26.1 Å². The Balaban J connectivity index is 1.70. The zero-order valence-electron chi connectivity index (χ0n) is 10.9. The minimum absolute atomic E-state index is 0.604. The molecule has 0 aliphatic carbocycles. The summed E-state index contributed by atoms with van der Waals surface area (Å²) in [5.74, 6) is 0.864. The smallest absolute Gasteiger partial charge is 0.129 e. The average Bonchev–Trinajstić information content (AvgIpc) is 2.82. The van der Waals surface area contributed by atoms with E-state index in [1.807, 2.05) is 12.3 Å². The zero-order valence-corrected chi connectivity index (χ0v) is 10.9. The Bertz CT molecular complexity index is 553. The van der Waals surface area contributed by atoms with Crippen LogP contribution in [0.2, 0.25) is 0 Å². The summed E-state index contributed by atoms with van der Waals surface area (Å²) in [4.78, 5) is 11.4. The van der Waals surface area contributed by atoms with E-state index in [-0.39, 0.29) is 0 Å². The van der Waals surface area contributed by atoms with Crippen LogP contribution in [0.3, 0.4) is 0 Å². The summed E-state index contributed by atoms with van der Waals surface area (Å²) in [6.07, 6.45) is 2.71. The van der Waals surface area contributed by atoms with Gasteiger partial charge in [-0.3, -0.25) is 4.90 Å². The third kappa shape index (κ3) is 2.80. The molecule has 98 valence electrons. The first-order valence-corrected chi connectivity index (χ1v) is 6.65. The normalized spacial score (nSPS) is 14.6. The van der Waals surface area contributed by atoms with E-state index in [0.717, 1.165) is 37.6 Å². The fourth-order valence-electron chi connectivity index (χ4n) is 2.46. The standard InChI is InChI=1S/C15H18N4/c16-7-6-15-17-8-13-10-19(11-14(13)18-15)9-12-4-2-1-3-5-12/h1-5,8H,6-7,9-11,16H2. The molecule has 1 aliphatic heterocycles. The summed E-state index contributed by atoms with van der Waals surface area (Å²) in [6, 6.07) is 10.5. The highest BCUT2D eigenvalue weighted by atomic mass is 15.2. The van der Waals surface area contributed by atoms with Gasteiger partial charge in [0.1, 0.15) is 5.82 Å². The quantitative estimate of drug-likeness (QED) is 0.898. The first-order valence-electron chi connectivity index (χ1n) is 6.65. The van der Waals surface area contributed by atoms with Crippen molar-refractivity contribution in [3.8, 4) is 0 Å². The number of aromatic nitrogens is 2. The lowest BCUT2D eigenvalue weighted by Crippen LogP contribution is -2.15. The van der Waals surface area contributed by atoms with Gasteiger partial charge in [-0.05, 0) is 12.1 Å². The molecule has 3 rings (SSSR count). The molecule has 19 heavy (non-hydrogen) atoms. The van der Waals surface area contributed by atoms with Crippen LogP contribution in [0.4, 0.5) is 0 Å². The van der Waals surface area contributed by atoms with E-state index in [1.54, 1.807) is 0 Å². The van der Waals surface area contributed by atoms with E-state index in [0.29, 0.717) is 6.54 Å². The molecule has 1 aliphatic rings. The van der Waals surface area contributed by atoms with Gasteiger partial charge >= 0.3 is 0 Å². The van der Waals surface area contributed by atoms with Crippen molar-refractivity contribution in [1.29, 1.82) is 0 Å². The second-order valence-electron chi connectivity index (χ2n) is 4.93. The lowest BCUT2D eigenvalue weighted by atomic mass is 10.2. The molecule has 0 bridgehead atoms. The Morgan fingerprint density at radius 3 is 2.79 bits per heavy atom. The number of hydrogen-bond acceptors (Lipinski definition) is 4. The van der Waals surface area contributed by atoms with Crippen LogP contribution in [-0.2, 0) is 26.1 Å². The summed E-state index contributed by atoms with van der Waals surface area (Å²) in [6.45, 7) is 3.41. The number of nitrogens with two attached hydrogens (primary N) is 1. The molecular weight excluding hydrogens is 236 g/mol. The molecule has 0 spiro atoms. The lowest BCUT2D eigenvalue weighted by molar-refractivity contribution is 0.274. The molecule has 2 heterocycles. The van der Waals surface area contributed by atoms with Crippen LogP contribution in [0.15, 0.2) is 36.5 Å². The predicted octanol–water partition coefficient (Wildman–Crippen LogP) is 1.49. The van der Waals surface area contributed by atoms with Gasteiger partial charge in [-0.1, -0.05) is 30.3 Å². The number of rotatable bonds is 4. The van der Waals surface area contributed by atoms with Gasteiger partial charge in [0.05, 0.1) is 5.69 Å². The molecule has 0 atom stereocenters. The highest BCUT2D eigenvalue weighted by Gasteiger charge is 2.20. The molecule has 0 amide bonds. The van der Waals surface area contributed by atoms with E-state index in [2.05, 4.69) is 39.1 Å². The maximum absolute atomic E-state index is 5.54. The van der Waals surface area contributed by atoms with E-state index < -0.39 is 0 Å². The predicted molar refractivity (Wildman–Crippen MR) is 74.2 cm³/mol. The first-order chi connectivity index (χ1) is 9.35. The van der Waals surface area contributed by atoms with Crippen LogP contribution in [0.25, 0.3) is 0 Å². The number of nitrogens with zero attached hydrogens (tertiary/aromatic N) is 3. The number of fused-ring (bicyclic) bond motifs is 1. The van der Waals surface area contributed by atoms with Crippen LogP contribution in [0, 0.1) is 0 Å². The minimum Gasteiger partial charge on any atom is -0.330 e. The van der Waals surface area contributed by atoms with E-state index in [4.69, 9.17) is 5.73 Å². The monoisotopic (exact) mass is 254 g/mol. The van der Waals surface area contributed by atoms with Crippen LogP contribution >= 0.6 is 0 Å². The molecule has 4 heteroatoms. The largest absolute Gasteiger partial charge is 0.330 e. The average molecular weight is 254 g/mol. The zero-order chi connectivity index (χ0) is 13.1. The van der Waals surface area contributed by atoms with Crippen molar-refractivity contribution in [3.05, 3.63) is 59.2 Å². The van der Waals surface area contributed by atoms with Crippen molar-refractivity contribution in [1.82, 2.24) is 14.9 Å². The minimum atomic E-state index is 0.604. The van der Waals surface area contributed by atoms with Gasteiger partial charge in [0, 0.05) is 37.8 Å². The van der Waals surface area contributed by atoms with E-state index in [1.165, 1.54) is 11.1 Å². The first kappa shape index (κ1) is 12.3. The molecule has 2 aromatic rings. The van der Waals surface area contributed by atoms with Crippen molar-refractivity contribution in [2.75, 3.05) is 6.54 Å². The van der Waals surface area contributed by atoms with Crippen molar-refractivity contribution < 1.29 is 0 Å². The van der Waals surface area contributed by atoms with Gasteiger partial charge in [0.2, 0.25) is 0 Å². The van der Waals surface area contributed by atoms with Crippen LogP contribution in [-0.4, -0.2) is 21.4 Å². The van der Waals surface area contributed by atoms with Gasteiger partial charge < -0.3 is 5.73 Å². The van der Waals surface area contributed by atoms with Crippen molar-refractivity contribution >= 4 is 0 Å². The second-order valence-corrected chi connectivity index (χ2v) is 4.93. The Hall–Kier alpha value is -1.78. The molecular formula is C15H18N4. The van der Waals surface area contributed by atoms with Crippen LogP contribution in [0.1, 0.15) is 22.6 Å². The molecule has 0 saturated carbocycles. The van der Waals surface area contributed by atoms with E-state index in [9.17, 15) is 0 Å². The van der Waals surface area contributed by atoms with Crippen LogP contribution < -0.4 is 5.73 Å². The molecule has 2 N–H and O–H groups in total. The molecule has 0 saturated heterocycles. The van der Waals surface area contributed by atoms with Gasteiger partial charge in [0.15, 0.2) is 0 Å². The second kappa shape index (κ2) is 5.47. The van der Waals surface area contributed by atoms with Gasteiger partial charge in [-0.15, -0.1) is 0 Å². The van der Waals surface area contributed by atoms with Crippen molar-refractivity contribution in [2.24, 2.45) is 5.73 Å². The Morgan fingerprint density at radius 1 is 1.16 bits per heavy atom. The summed E-state index contributed by atoms with van der Waals surface area (Å²) >= 11 is 0. The molecule has 4 nitrogen and oxygen atoms in total. The summed E-state index contributed by atoms with van der Waals surface area (Å²) in [5, 5.41) is 0. The van der Waals surface area contributed by atoms with Crippen LogP contribution in [0.5, 0.6) is 0 Å². The highest BCUT2D eigenvalue weighted by Crippen LogP contribution is 2.22. The SMILES string of the molecule is NCCc1ncc2c(n1)CN(Cc1ccccc1)C2. The molecule has 1 aromatic carbocycles. The molecule has 0 fully saturated rings. The fourth-order valence-corrected chi connectivity index (χ4v) is 2.46. The number of hydrogen-bond donors (Lipinski definition) is 1. The number of benzene rings is 1. The molecule has 1 aromatic heterocycles. The topological polar surface area (TPSA) is 55.0 Å². The fraction of sp³-hybridized carbons (Fsp3) is 0.333. The van der Waals surface area contributed by atoms with Gasteiger partial charge in [-0.25, -0.2) is 9.97 Å². The summed E-state index contributed by atoms with van der Waals surface area (Å²) in [7, 11) is 0. The van der Waals surface area contributed by atoms with Gasteiger partial charge in [0.25, 0.3) is 0 Å². The maximum atomic E-state index is 5.54. The lowest BCUT2D eigenvalue weighted by Gasteiger charge is -2.13. The highest BCUT2D eigenvalue weighted by molar-refractivity contribution is 5.23. The molecule has 0 unspecified atom stereocenters. The third-order valence-corrected chi connectivity index (χ3v) is 3.39. The summed E-state index contributed by atoms with van der Waals surface area (Å²) < 4.78 is 0. The Morgan fingerprint density at radius 2 is 2.00 bits per heavy atom. The maximum Gasteiger partial charge on any atom is 0.129 e. The Labute approximate surface area is 113 Å².